The number of aromatic amines is 1. The van der Waals surface area contributed by atoms with E-state index in [-0.39, 0.29) is 0 Å². The molecule has 1 saturated carbocycles. The van der Waals surface area contributed by atoms with Gasteiger partial charge in [-0.25, -0.2) is 4.98 Å². The first-order valence-corrected chi connectivity index (χ1v) is 12.7. The molecule has 1 aromatic heterocycles. The molecule has 0 unspecified atom stereocenters. The molecule has 8 heteroatoms. The summed E-state index contributed by atoms with van der Waals surface area (Å²) in [7, 11) is 0. The molecule has 0 saturated heterocycles. The molecule has 38 heavy (non-hydrogen) atoms. The summed E-state index contributed by atoms with van der Waals surface area (Å²) in [6.07, 6.45) is -1.10. The predicted molar refractivity (Wildman–Crippen MR) is 145 cm³/mol. The quantitative estimate of drug-likeness (QED) is 0.232. The highest BCUT2D eigenvalue weighted by atomic mass is 19.4. The van der Waals surface area contributed by atoms with E-state index in [1.807, 2.05) is 12.1 Å². The van der Waals surface area contributed by atoms with Gasteiger partial charge in [-0.3, -0.25) is 4.79 Å². The van der Waals surface area contributed by atoms with Gasteiger partial charge in [0.05, 0.1) is 22.2 Å². The molecule has 5 nitrogen and oxygen atoms in total. The van der Waals surface area contributed by atoms with Crippen LogP contribution in [0, 0.1) is 13.8 Å². The maximum atomic E-state index is 13.6. The number of halogens is 3. The number of amides is 1. The first-order chi connectivity index (χ1) is 18.2. The van der Waals surface area contributed by atoms with E-state index in [0.29, 0.717) is 11.2 Å². The summed E-state index contributed by atoms with van der Waals surface area (Å²) >= 11 is 0. The molecule has 0 atom stereocenters. The molecule has 0 radical (unpaired) electrons. The molecule has 196 valence electrons. The highest BCUT2D eigenvalue weighted by molar-refractivity contribution is 6.07. The second-order valence-electron chi connectivity index (χ2n) is 9.70. The van der Waals surface area contributed by atoms with Crippen LogP contribution in [0.4, 0.5) is 24.5 Å². The molecular formula is C30H29F3N4O. The van der Waals surface area contributed by atoms with Crippen LogP contribution in [0.2, 0.25) is 0 Å². The standard InChI is InChI=1S/C30H29F3N4O/c1-4-8-26-35-25-16-20(34-29(38)21-10-5-6-11-23(21)30(31,32)33)15-22(28(25)37-26)27(19-13-14-19)36-24-12-7-9-17(2)18(24)3/h5-7,9-12,15-16,36H,4,8,13-14H2,1-3H3,(H,34,38)(H,35,37). The van der Waals surface area contributed by atoms with Crippen LogP contribution in [0.3, 0.4) is 0 Å². The van der Waals surface area contributed by atoms with Gasteiger partial charge in [0, 0.05) is 29.1 Å². The molecule has 0 spiro atoms. The number of allylic oxidation sites excluding steroid dienone is 1. The monoisotopic (exact) mass is 518 g/mol. The highest BCUT2D eigenvalue weighted by Gasteiger charge is 2.35. The molecular weight excluding hydrogens is 489 g/mol. The van der Waals surface area contributed by atoms with Gasteiger partial charge in [-0.2, -0.15) is 13.2 Å². The van der Waals surface area contributed by atoms with Crippen molar-refractivity contribution in [2.24, 2.45) is 0 Å². The summed E-state index contributed by atoms with van der Waals surface area (Å²) in [5, 5.41) is 6.31. The van der Waals surface area contributed by atoms with Crippen molar-refractivity contribution < 1.29 is 18.0 Å². The number of H-pyrrole nitrogens is 1. The number of aromatic nitrogens is 2. The van der Waals surface area contributed by atoms with E-state index in [0.717, 1.165) is 71.2 Å². The Bertz CT molecular complexity index is 1560. The number of carbonyl (C=O) groups is 1. The van der Waals surface area contributed by atoms with Gasteiger partial charge in [-0.1, -0.05) is 31.2 Å². The average molecular weight is 519 g/mol. The number of fused-ring (bicyclic) bond motifs is 1. The van der Waals surface area contributed by atoms with Crippen molar-refractivity contribution in [1.29, 1.82) is 0 Å². The molecule has 1 aliphatic carbocycles. The summed E-state index contributed by atoms with van der Waals surface area (Å²) in [5.74, 6) is 0.00108. The molecule has 0 aliphatic heterocycles. The van der Waals surface area contributed by atoms with Crippen LogP contribution in [0.25, 0.3) is 16.7 Å². The first-order valence-electron chi connectivity index (χ1n) is 12.7. The Labute approximate surface area is 219 Å². The predicted octanol–water partition coefficient (Wildman–Crippen LogP) is 8.02. The van der Waals surface area contributed by atoms with E-state index < -0.39 is 23.2 Å². The summed E-state index contributed by atoms with van der Waals surface area (Å²) in [6, 6.07) is 14.4. The normalized spacial score (nSPS) is 13.1. The zero-order valence-electron chi connectivity index (χ0n) is 21.5. The van der Waals surface area contributed by atoms with Gasteiger partial charge in [0.15, 0.2) is 0 Å². The number of carbonyl (C=O) groups excluding carboxylic acids is 1. The largest absolute Gasteiger partial charge is 0.417 e. The van der Waals surface area contributed by atoms with E-state index in [1.54, 1.807) is 12.1 Å². The molecule has 4 aromatic rings. The lowest BCUT2D eigenvalue weighted by molar-refractivity contribution is -0.137. The van der Waals surface area contributed by atoms with Crippen LogP contribution in [0.5, 0.6) is 0 Å². The molecule has 0 bridgehead atoms. The van der Waals surface area contributed by atoms with Crippen molar-refractivity contribution in [2.75, 3.05) is 10.6 Å². The zero-order chi connectivity index (χ0) is 27.0. The number of rotatable bonds is 7. The summed E-state index contributed by atoms with van der Waals surface area (Å²) < 4.78 is 40.7. The van der Waals surface area contributed by atoms with Crippen molar-refractivity contribution in [3.63, 3.8) is 0 Å². The van der Waals surface area contributed by atoms with E-state index in [4.69, 9.17) is 4.98 Å². The summed E-state index contributed by atoms with van der Waals surface area (Å²) in [4.78, 5) is 21.2. The first kappa shape index (κ1) is 25.6. The van der Waals surface area contributed by atoms with E-state index in [2.05, 4.69) is 42.5 Å². The van der Waals surface area contributed by atoms with Gasteiger partial charge < -0.3 is 15.6 Å². The van der Waals surface area contributed by atoms with Gasteiger partial charge in [0.2, 0.25) is 0 Å². The number of hydrogen-bond donors (Lipinski definition) is 3. The highest BCUT2D eigenvalue weighted by Crippen LogP contribution is 2.40. The number of nitrogens with one attached hydrogen (secondary N) is 3. The third-order valence-electron chi connectivity index (χ3n) is 6.84. The maximum Gasteiger partial charge on any atom is 0.417 e. The van der Waals surface area contributed by atoms with Gasteiger partial charge in [-0.15, -0.1) is 0 Å². The minimum atomic E-state index is -4.64. The average Bonchev–Trinajstić information content (AvgIpc) is 3.63. The van der Waals surface area contributed by atoms with E-state index in [9.17, 15) is 18.0 Å². The van der Waals surface area contributed by atoms with Crippen LogP contribution in [-0.4, -0.2) is 15.9 Å². The van der Waals surface area contributed by atoms with Crippen LogP contribution in [0.15, 0.2) is 60.2 Å². The van der Waals surface area contributed by atoms with Gasteiger partial charge in [0.1, 0.15) is 5.82 Å². The lowest BCUT2D eigenvalue weighted by atomic mass is 10.0. The smallest absolute Gasteiger partial charge is 0.355 e. The fraction of sp³-hybridized carbons (Fsp3) is 0.267. The molecule has 1 heterocycles. The van der Waals surface area contributed by atoms with Gasteiger partial charge in [-0.05, 0) is 80.1 Å². The number of anilines is 2. The SMILES string of the molecule is CCCc1nc2c(C(Nc3cccc(C)c3C)=C3CC3)cc(NC(=O)c3ccccc3C(F)(F)F)cc2[nH]1. The fourth-order valence-corrected chi connectivity index (χ4v) is 4.59. The summed E-state index contributed by atoms with van der Waals surface area (Å²) in [6.45, 7) is 6.19. The zero-order valence-corrected chi connectivity index (χ0v) is 21.5. The minimum Gasteiger partial charge on any atom is -0.355 e. The molecule has 1 amide bonds. The van der Waals surface area contributed by atoms with Crippen molar-refractivity contribution in [3.05, 3.63) is 93.8 Å². The number of hydrogen-bond acceptors (Lipinski definition) is 3. The van der Waals surface area contributed by atoms with Crippen molar-refractivity contribution in [1.82, 2.24) is 9.97 Å². The second-order valence-corrected chi connectivity index (χ2v) is 9.70. The third-order valence-corrected chi connectivity index (χ3v) is 6.84. The van der Waals surface area contributed by atoms with E-state index in [1.165, 1.54) is 23.8 Å². The maximum absolute atomic E-state index is 13.6. The number of aryl methyl sites for hydroxylation is 2. The lowest BCUT2D eigenvalue weighted by Gasteiger charge is -2.17. The number of benzene rings is 3. The molecule has 5 rings (SSSR count). The van der Waals surface area contributed by atoms with Crippen molar-refractivity contribution >= 4 is 34.0 Å². The second kappa shape index (κ2) is 10.0. The van der Waals surface area contributed by atoms with E-state index >= 15 is 0 Å². The third kappa shape index (κ3) is 5.16. The van der Waals surface area contributed by atoms with Crippen LogP contribution < -0.4 is 10.6 Å². The Morgan fingerprint density at radius 2 is 1.76 bits per heavy atom. The Hall–Kier alpha value is -4.07. The molecule has 1 aliphatic rings. The number of alkyl halides is 3. The molecule has 3 aromatic carbocycles. The molecule has 3 N–H and O–H groups in total. The van der Waals surface area contributed by atoms with Crippen molar-refractivity contribution in [3.8, 4) is 0 Å². The lowest BCUT2D eigenvalue weighted by Crippen LogP contribution is -2.18. The Kier molecular flexibility index (Phi) is 6.73. The van der Waals surface area contributed by atoms with Gasteiger partial charge >= 0.3 is 6.18 Å². The number of nitrogens with zero attached hydrogens (tertiary/aromatic N) is 1. The number of imidazole rings is 1. The molecule has 1 fully saturated rings. The minimum absolute atomic E-state index is 0.391. The Balaban J connectivity index is 1.59. The summed E-state index contributed by atoms with van der Waals surface area (Å²) in [5.41, 5.74) is 6.70. The van der Waals surface area contributed by atoms with Gasteiger partial charge in [0.25, 0.3) is 5.91 Å². The topological polar surface area (TPSA) is 69.8 Å². The Morgan fingerprint density at radius 1 is 1.00 bits per heavy atom. The van der Waals surface area contributed by atoms with Crippen LogP contribution in [0.1, 0.15) is 64.6 Å². The fourth-order valence-electron chi connectivity index (χ4n) is 4.59. The van der Waals surface area contributed by atoms with Crippen LogP contribution in [-0.2, 0) is 12.6 Å². The van der Waals surface area contributed by atoms with Crippen molar-refractivity contribution in [2.45, 2.75) is 52.6 Å². The Morgan fingerprint density at radius 3 is 2.47 bits per heavy atom. The van der Waals surface area contributed by atoms with Crippen LogP contribution >= 0.6 is 0 Å².